The van der Waals surface area contributed by atoms with Crippen molar-refractivity contribution in [2.75, 3.05) is 11.4 Å². The van der Waals surface area contributed by atoms with Gasteiger partial charge in [0, 0.05) is 39.4 Å². The monoisotopic (exact) mass is 928 g/mol. The molecule has 3 heterocycles. The first-order chi connectivity index (χ1) is 34.5. The Kier molecular flexibility index (Phi) is 12.0. The number of aliphatic imine (C=N–C) groups is 1. The zero-order chi connectivity index (χ0) is 47.1. The average Bonchev–Trinajstić information content (AvgIpc) is 3.95. The molecule has 12 rings (SSSR count). The molecule has 4 nitrogen and oxygen atoms in total. The van der Waals surface area contributed by atoms with Gasteiger partial charge in [0.1, 0.15) is 18.2 Å². The van der Waals surface area contributed by atoms with E-state index in [2.05, 4.69) is 237 Å². The van der Waals surface area contributed by atoms with Crippen LogP contribution < -0.4 is 15.5 Å². The van der Waals surface area contributed by atoms with E-state index in [1.165, 1.54) is 76.7 Å². The minimum Gasteiger partial charge on any atom is -0.360 e. The molecular formula is C65H60N4S. The second-order valence-electron chi connectivity index (χ2n) is 19.8. The molecule has 4 aliphatic carbocycles. The van der Waals surface area contributed by atoms with Crippen LogP contribution in [0.4, 0.5) is 5.69 Å². The molecule has 0 radical (unpaired) electrons. The Morgan fingerprint density at radius 1 is 0.814 bits per heavy atom. The summed E-state index contributed by atoms with van der Waals surface area (Å²) in [5.41, 5.74) is 20.0. The number of hydrogen-bond acceptors (Lipinski definition) is 5. The number of amidine groups is 1. The highest BCUT2D eigenvalue weighted by Gasteiger charge is 2.44. The summed E-state index contributed by atoms with van der Waals surface area (Å²) in [6.45, 7) is 7.65. The molecule has 0 fully saturated rings. The van der Waals surface area contributed by atoms with Crippen molar-refractivity contribution in [2.45, 2.75) is 76.7 Å². The lowest BCUT2D eigenvalue weighted by Gasteiger charge is -2.34. The van der Waals surface area contributed by atoms with Gasteiger partial charge in [-0.15, -0.1) is 11.3 Å². The molecule has 1 aromatic heterocycles. The number of para-hydroxylation sites is 1. The summed E-state index contributed by atoms with van der Waals surface area (Å²) in [5.74, 6) is 1.69. The van der Waals surface area contributed by atoms with Gasteiger partial charge in [0.25, 0.3) is 0 Å². The van der Waals surface area contributed by atoms with Crippen LogP contribution in [-0.4, -0.2) is 24.6 Å². The normalized spacial score (nSPS) is 23.6. The van der Waals surface area contributed by atoms with E-state index in [-0.39, 0.29) is 24.3 Å². The van der Waals surface area contributed by atoms with Gasteiger partial charge < -0.3 is 10.2 Å². The number of fused-ring (bicyclic) bond motifs is 7. The summed E-state index contributed by atoms with van der Waals surface area (Å²) in [7, 11) is 0. The Labute approximate surface area is 418 Å². The first-order valence-corrected chi connectivity index (χ1v) is 26.2. The van der Waals surface area contributed by atoms with Crippen molar-refractivity contribution in [1.82, 2.24) is 10.6 Å². The van der Waals surface area contributed by atoms with E-state index in [1.807, 2.05) is 11.3 Å². The van der Waals surface area contributed by atoms with Crippen molar-refractivity contribution in [2.24, 2.45) is 10.9 Å². The molecular weight excluding hydrogens is 869 g/mol. The first kappa shape index (κ1) is 44.2. The van der Waals surface area contributed by atoms with Crippen molar-refractivity contribution in [3.05, 3.63) is 265 Å². The van der Waals surface area contributed by atoms with E-state index in [0.29, 0.717) is 11.8 Å². The van der Waals surface area contributed by atoms with E-state index in [0.717, 1.165) is 49.2 Å². The Morgan fingerprint density at radius 3 is 2.37 bits per heavy atom. The van der Waals surface area contributed by atoms with Crippen molar-refractivity contribution < 1.29 is 0 Å². The molecule has 2 N–H and O–H groups in total. The van der Waals surface area contributed by atoms with Gasteiger partial charge in [0.2, 0.25) is 0 Å². The zero-order valence-corrected chi connectivity index (χ0v) is 41.2. The summed E-state index contributed by atoms with van der Waals surface area (Å²) in [6, 6.07) is 49.6. The van der Waals surface area contributed by atoms with Gasteiger partial charge >= 0.3 is 0 Å². The van der Waals surface area contributed by atoms with Crippen molar-refractivity contribution in [1.29, 1.82) is 0 Å². The van der Waals surface area contributed by atoms with Gasteiger partial charge in [-0.1, -0.05) is 195 Å². The van der Waals surface area contributed by atoms with E-state index >= 15 is 0 Å². The summed E-state index contributed by atoms with van der Waals surface area (Å²) >= 11 is 2.00. The number of nitrogens with one attached hydrogen (secondary N) is 2. The molecule has 70 heavy (non-hydrogen) atoms. The van der Waals surface area contributed by atoms with E-state index in [4.69, 9.17) is 4.99 Å². The molecule has 2 aliphatic heterocycles. The molecule has 0 saturated carbocycles. The second kappa shape index (κ2) is 19.0. The van der Waals surface area contributed by atoms with Crippen molar-refractivity contribution in [3.8, 4) is 0 Å². The van der Waals surface area contributed by atoms with Crippen LogP contribution in [0.15, 0.2) is 210 Å². The van der Waals surface area contributed by atoms with Gasteiger partial charge in [-0.2, -0.15) is 0 Å². The summed E-state index contributed by atoms with van der Waals surface area (Å²) in [6.07, 6.45) is 29.4. The molecule has 6 aliphatic rings. The molecule has 0 amide bonds. The Hall–Kier alpha value is -7.05. The lowest BCUT2D eigenvalue weighted by molar-refractivity contribution is 0.431. The largest absolute Gasteiger partial charge is 0.360 e. The van der Waals surface area contributed by atoms with Crippen LogP contribution in [-0.2, 0) is 6.42 Å². The minimum atomic E-state index is -0.229. The highest BCUT2D eigenvalue weighted by Crippen LogP contribution is 2.55. The van der Waals surface area contributed by atoms with Crippen molar-refractivity contribution >= 4 is 45.7 Å². The van der Waals surface area contributed by atoms with E-state index < -0.39 is 0 Å². The third-order valence-corrected chi connectivity index (χ3v) is 16.5. The number of hydrogen-bond donors (Lipinski definition) is 2. The zero-order valence-electron chi connectivity index (χ0n) is 40.4. The molecule has 5 aromatic carbocycles. The number of nitrogens with zero attached hydrogens (tertiary/aromatic N) is 2. The Bertz CT molecular complexity index is 3250. The van der Waals surface area contributed by atoms with Crippen LogP contribution in [0.3, 0.4) is 0 Å². The standard InChI is InChI=1S/C65H60N4S/c1-4-5-20-43(3)63-66-64(47-27-16-9-17-28-47)68-65(67-63)55-40-49(53-39-48(45-23-12-7-13-24-45)31-33-50(53)46-25-14-8-15-26-46)32-34-51(55)54-37-42(2)38-56-61-59(70-62(54)56)36-35-58-60(61)52-29-18-19-30-57(52)69(58)41-44-21-10-6-11-22-44/h4-10,12-21,23-37,40,42,53,58,60,63-64,66H,11,22,38-39,41H2,1-3H3,(H,67,68)/b5-4-,43-20+. The molecule has 0 saturated heterocycles. The lowest BCUT2D eigenvalue weighted by atomic mass is 9.75. The van der Waals surface area contributed by atoms with E-state index in [9.17, 15) is 0 Å². The van der Waals surface area contributed by atoms with Crippen LogP contribution in [0.2, 0.25) is 0 Å². The molecule has 6 aromatic rings. The molecule has 6 atom stereocenters. The van der Waals surface area contributed by atoms with Crippen LogP contribution in [0.5, 0.6) is 0 Å². The summed E-state index contributed by atoms with van der Waals surface area (Å²) < 4.78 is 0. The number of thiophene rings is 1. The fourth-order valence-electron chi connectivity index (χ4n) is 11.9. The quantitative estimate of drug-likeness (QED) is 0.135. The van der Waals surface area contributed by atoms with Gasteiger partial charge in [0.15, 0.2) is 0 Å². The van der Waals surface area contributed by atoms with Gasteiger partial charge in [-0.25, -0.2) is 4.99 Å². The van der Waals surface area contributed by atoms with Crippen LogP contribution in [0.25, 0.3) is 22.8 Å². The van der Waals surface area contributed by atoms with Gasteiger partial charge in [-0.05, 0) is 130 Å². The predicted octanol–water partition coefficient (Wildman–Crippen LogP) is 15.1. The van der Waals surface area contributed by atoms with Crippen molar-refractivity contribution in [3.63, 3.8) is 0 Å². The fourth-order valence-corrected chi connectivity index (χ4v) is 13.2. The van der Waals surface area contributed by atoms with Crippen LogP contribution in [0, 0.1) is 5.92 Å². The fraction of sp³-hybridized carbons (Fsp3) is 0.215. The maximum Gasteiger partial charge on any atom is 0.132 e. The first-order valence-electron chi connectivity index (χ1n) is 25.4. The summed E-state index contributed by atoms with van der Waals surface area (Å²) in [5, 5.41) is 7.87. The lowest BCUT2D eigenvalue weighted by Crippen LogP contribution is -2.49. The van der Waals surface area contributed by atoms with Gasteiger partial charge in [-0.3, -0.25) is 5.32 Å². The number of rotatable bonds is 10. The maximum atomic E-state index is 5.64. The summed E-state index contributed by atoms with van der Waals surface area (Å²) in [4.78, 5) is 11.2. The van der Waals surface area contributed by atoms with E-state index in [1.54, 1.807) is 5.56 Å². The maximum absolute atomic E-state index is 5.64. The Morgan fingerprint density at radius 2 is 1.59 bits per heavy atom. The number of anilines is 1. The van der Waals surface area contributed by atoms with Crippen LogP contribution >= 0.6 is 11.3 Å². The third-order valence-electron chi connectivity index (χ3n) is 15.3. The number of benzene rings is 5. The molecule has 346 valence electrons. The smallest absolute Gasteiger partial charge is 0.132 e. The average molecular weight is 929 g/mol. The molecule has 0 bridgehead atoms. The molecule has 0 spiro atoms. The number of allylic oxidation sites excluding steroid dienone is 11. The topological polar surface area (TPSA) is 39.7 Å². The second-order valence-corrected chi connectivity index (χ2v) is 20.9. The minimum absolute atomic E-state index is 0.131. The van der Waals surface area contributed by atoms with Crippen LogP contribution in [0.1, 0.15) is 118 Å². The Balaban J connectivity index is 1.02. The highest BCUT2D eigenvalue weighted by molar-refractivity contribution is 7.14. The van der Waals surface area contributed by atoms with Gasteiger partial charge in [0.05, 0.1) is 6.04 Å². The highest BCUT2D eigenvalue weighted by atomic mass is 32.1. The third kappa shape index (κ3) is 8.25. The molecule has 5 heteroatoms. The molecule has 6 unspecified atom stereocenters. The predicted molar refractivity (Wildman–Crippen MR) is 296 cm³/mol. The SMILES string of the molecule is C/C=C\C=C(/C)C1N=C(c2cc(C3CC(c4ccccc4)=CC=C3c3ccccc3)ccc2C2=CC(C)Cc3c2sc2c3C3c4ccccc4N(CC4=CC=CCC4)C3C=C2)NC(c2ccccc2)N1.